The molecule has 0 spiro atoms. The summed E-state index contributed by atoms with van der Waals surface area (Å²) in [5.41, 5.74) is 0. The number of imide groups is 2. The molecule has 0 saturated carbocycles. The highest BCUT2D eigenvalue weighted by atomic mass is 16.6. The molecule has 2 aliphatic rings. The molecule has 46 heteroatoms. The lowest BCUT2D eigenvalue weighted by molar-refractivity contribution is -0.156. The summed E-state index contributed by atoms with van der Waals surface area (Å²) < 4.78 is 108. The van der Waals surface area contributed by atoms with E-state index in [1.54, 1.807) is 14.2 Å². The number of carbonyl (C=O) groups is 14. The second-order valence-corrected chi connectivity index (χ2v) is 27.4. The minimum absolute atomic E-state index is 0.0118. The molecule has 12 amide bonds. The monoisotopic (exact) mass is 1810 g/mol. The SMILES string of the molecule is COCCOCCOCCOCCOCCOCCOCCOCCOCCOCC(=O)NCCCC[C@H](NC(=O)CCCNC(=O)[C@H]([C@@H](C(=O)NCCCC(=O)N[C@@H](CCCCNC(=O)COCCOCCOCCOCCOCCOCCOCCOCCOCCOC)C(=O)N[C@@H](C)C(=O)O)N1C(=O)C=CC1=O)N1C(=O)C=CC1=O)C(=O)N[C@@H](C)C(=O)O. The van der Waals surface area contributed by atoms with Crippen molar-refractivity contribution >= 4 is 82.8 Å². The van der Waals surface area contributed by atoms with Gasteiger partial charge in [-0.25, -0.2) is 0 Å². The van der Waals surface area contributed by atoms with E-state index in [1.165, 1.54) is 13.8 Å². The minimum atomic E-state index is -2.22. The van der Waals surface area contributed by atoms with Crippen LogP contribution >= 0.6 is 0 Å². The Bertz CT molecular complexity index is 2880. The normalized spacial score (nSPS) is 13.9. The van der Waals surface area contributed by atoms with Gasteiger partial charge in [0.15, 0.2) is 0 Å². The summed E-state index contributed by atoms with van der Waals surface area (Å²) in [7, 11) is 3.23. The fourth-order valence-electron chi connectivity index (χ4n) is 10.8. The number of hydrogen-bond acceptors (Lipinski definition) is 34. The van der Waals surface area contributed by atoms with Gasteiger partial charge in [0, 0.05) is 77.5 Å². The zero-order chi connectivity index (χ0) is 92.1. The van der Waals surface area contributed by atoms with Crippen molar-refractivity contribution in [2.45, 2.75) is 114 Å². The van der Waals surface area contributed by atoms with Crippen LogP contribution in [0.2, 0.25) is 0 Å². The van der Waals surface area contributed by atoms with Crippen LogP contribution < -0.4 is 42.5 Å². The number of amides is 12. The lowest BCUT2D eigenvalue weighted by Gasteiger charge is -2.35. The molecular formula is C80H136N10O36. The van der Waals surface area contributed by atoms with Crippen LogP contribution in [0, 0.1) is 0 Å². The molecule has 0 unspecified atom stereocenters. The first kappa shape index (κ1) is 114. The maximum atomic E-state index is 14.3. The summed E-state index contributed by atoms with van der Waals surface area (Å²) in [4.78, 5) is 184. The van der Waals surface area contributed by atoms with Gasteiger partial charge in [-0.05, 0) is 65.2 Å². The number of carboxylic acids is 2. The largest absolute Gasteiger partial charge is 0.480 e. The van der Waals surface area contributed by atoms with Crippen LogP contribution in [-0.4, -0.2) is 431 Å². The van der Waals surface area contributed by atoms with Crippen molar-refractivity contribution < 1.29 is 172 Å². The van der Waals surface area contributed by atoms with Gasteiger partial charge in [-0.3, -0.25) is 76.9 Å². The molecule has 2 heterocycles. The number of carboxylic acid groups (broad SMARTS) is 2. The Morgan fingerprint density at radius 3 is 0.714 bits per heavy atom. The van der Waals surface area contributed by atoms with Crippen molar-refractivity contribution in [1.82, 2.24) is 52.3 Å². The van der Waals surface area contributed by atoms with Crippen LogP contribution in [0.5, 0.6) is 0 Å². The highest BCUT2D eigenvalue weighted by Crippen LogP contribution is 2.22. The van der Waals surface area contributed by atoms with Crippen molar-refractivity contribution in [3.05, 3.63) is 24.3 Å². The molecule has 2 aliphatic heterocycles. The van der Waals surface area contributed by atoms with Crippen LogP contribution in [-0.2, 0) is 162 Å². The number of aliphatic carboxylic acids is 2. The van der Waals surface area contributed by atoms with E-state index in [-0.39, 0.29) is 117 Å². The summed E-state index contributed by atoms with van der Waals surface area (Å²) in [5, 5.41) is 38.9. The fourth-order valence-corrected chi connectivity index (χ4v) is 10.8. The lowest BCUT2D eigenvalue weighted by atomic mass is 10.0. The first-order valence-electron chi connectivity index (χ1n) is 42.3. The molecule has 2 rings (SSSR count). The summed E-state index contributed by atoms with van der Waals surface area (Å²) in [5.74, 6) is -13.6. The first-order chi connectivity index (χ1) is 61.1. The Morgan fingerprint density at radius 1 is 0.278 bits per heavy atom. The third-order valence-electron chi connectivity index (χ3n) is 17.4. The van der Waals surface area contributed by atoms with Crippen LogP contribution in [0.15, 0.2) is 24.3 Å². The number of carbonyl (C=O) groups excluding carboxylic acids is 12. The fraction of sp³-hybridized carbons (Fsp3) is 0.775. The number of nitrogens with one attached hydrogen (secondary N) is 8. The zero-order valence-corrected chi connectivity index (χ0v) is 73.2. The van der Waals surface area contributed by atoms with Crippen molar-refractivity contribution in [3.63, 3.8) is 0 Å². The van der Waals surface area contributed by atoms with Gasteiger partial charge in [0.25, 0.3) is 23.6 Å². The van der Waals surface area contributed by atoms with Crippen LogP contribution in [0.25, 0.3) is 0 Å². The Hall–Kier alpha value is -8.34. The van der Waals surface area contributed by atoms with E-state index in [0.717, 1.165) is 24.3 Å². The van der Waals surface area contributed by atoms with Gasteiger partial charge < -0.3 is 147 Å². The molecule has 0 aromatic rings. The minimum Gasteiger partial charge on any atom is -0.480 e. The van der Waals surface area contributed by atoms with Gasteiger partial charge in [0.05, 0.1) is 238 Å². The number of unbranched alkanes of at least 4 members (excludes halogenated alkanes) is 2. The molecule has 6 atom stereocenters. The molecule has 46 nitrogen and oxygen atoms in total. The number of hydrogen-bond donors (Lipinski definition) is 10. The third-order valence-corrected chi connectivity index (χ3v) is 17.4. The molecular weight excluding hydrogens is 1680 g/mol. The Labute approximate surface area is 734 Å². The van der Waals surface area contributed by atoms with Gasteiger partial charge in [-0.1, -0.05) is 0 Å². The summed E-state index contributed by atoms with van der Waals surface area (Å²) >= 11 is 0. The number of nitrogens with zero attached hydrogens (tertiary/aromatic N) is 2. The van der Waals surface area contributed by atoms with Gasteiger partial charge in [0.2, 0.25) is 47.3 Å². The van der Waals surface area contributed by atoms with E-state index in [9.17, 15) is 77.3 Å². The topological polar surface area (TPSA) is 567 Å². The number of rotatable bonds is 89. The molecule has 126 heavy (non-hydrogen) atoms. The van der Waals surface area contributed by atoms with E-state index in [2.05, 4.69) is 42.5 Å². The van der Waals surface area contributed by atoms with Crippen molar-refractivity contribution in [3.8, 4) is 0 Å². The van der Waals surface area contributed by atoms with Crippen LogP contribution in [0.1, 0.15) is 78.1 Å². The Kier molecular flexibility index (Phi) is 70.2. The molecule has 0 aromatic heterocycles. The van der Waals surface area contributed by atoms with Gasteiger partial charge in [-0.2, -0.15) is 0 Å². The highest BCUT2D eigenvalue weighted by molar-refractivity contribution is 6.19. The zero-order valence-electron chi connectivity index (χ0n) is 73.2. The average Bonchev–Trinajstić information content (AvgIpc) is 1.60. The van der Waals surface area contributed by atoms with Crippen LogP contribution in [0.3, 0.4) is 0 Å². The second kappa shape index (κ2) is 77.8. The van der Waals surface area contributed by atoms with Crippen LogP contribution in [0.4, 0.5) is 0 Å². The lowest BCUT2D eigenvalue weighted by Crippen LogP contribution is -2.66. The summed E-state index contributed by atoms with van der Waals surface area (Å²) in [6, 6.07) is -9.68. The quantitative estimate of drug-likeness (QED) is 0.0203. The highest BCUT2D eigenvalue weighted by Gasteiger charge is 2.50. The maximum absolute atomic E-state index is 14.3. The molecule has 0 aliphatic carbocycles. The second-order valence-electron chi connectivity index (χ2n) is 27.4. The number of methoxy groups -OCH3 is 2. The van der Waals surface area contributed by atoms with Gasteiger partial charge >= 0.3 is 11.9 Å². The van der Waals surface area contributed by atoms with Crippen molar-refractivity contribution in [2.24, 2.45) is 0 Å². The summed E-state index contributed by atoms with van der Waals surface area (Å²) in [6.07, 6.45) is 3.13. The van der Waals surface area contributed by atoms with Gasteiger partial charge in [0.1, 0.15) is 49.5 Å². The first-order valence-corrected chi connectivity index (χ1v) is 42.3. The summed E-state index contributed by atoms with van der Waals surface area (Å²) in [6.45, 7) is 15.6. The van der Waals surface area contributed by atoms with E-state index in [0.29, 0.717) is 221 Å². The Morgan fingerprint density at radius 2 is 0.492 bits per heavy atom. The van der Waals surface area contributed by atoms with E-state index in [1.807, 2.05) is 0 Å². The standard InChI is InChI=1S/C80H136N10O36/c1-61(79(103)104)85-75(99)63(11-5-7-19-81-67(93)59-125-57-55-123-53-51-121-49-47-119-45-43-117-41-39-115-37-35-113-33-31-111-29-27-109-25-23-107-3)87-65(91)13-9-21-83-77(101)73(89-69(95)15-16-70(89)96)74(90-71(97)17-18-72(90)98)78(102)84-22-10-14-66(92)88-64(76(100)86-62(2)80(105)106)12-6-8-20-82-68(94)60-126-58-56-124-54-52-122-50-48-120-46-44-118-42-40-116-38-36-114-34-32-112-30-28-110-26-24-108-4/h15-18,61-64,73-74H,5-14,19-60H2,1-4H3,(H,81,93)(H,82,94)(H,83,101)(H,84,102)(H,85,99)(H,86,100)(H,87,91)(H,88,92)(H,103,104)(H,105,106)/t61-,62-,63-,64-,73-,74-/m0/s1. The average molecular weight is 1810 g/mol. The van der Waals surface area contributed by atoms with E-state index < -0.39 is 132 Å². The smallest absolute Gasteiger partial charge is 0.325 e. The third kappa shape index (κ3) is 59.7. The van der Waals surface area contributed by atoms with Crippen molar-refractivity contribution in [2.75, 3.05) is 291 Å². The van der Waals surface area contributed by atoms with Gasteiger partial charge in [-0.15, -0.1) is 0 Å². The molecule has 0 radical (unpaired) electrons. The molecule has 0 fully saturated rings. The molecule has 722 valence electrons. The van der Waals surface area contributed by atoms with Crippen molar-refractivity contribution in [1.29, 1.82) is 0 Å². The molecule has 0 saturated heterocycles. The molecule has 0 bridgehead atoms. The predicted molar refractivity (Wildman–Crippen MR) is 441 cm³/mol. The molecule has 10 N–H and O–H groups in total. The Balaban J connectivity index is 1.75. The van der Waals surface area contributed by atoms with E-state index in [4.69, 9.17) is 94.7 Å². The maximum Gasteiger partial charge on any atom is 0.325 e. The molecule has 0 aromatic carbocycles. The predicted octanol–water partition coefficient (Wildman–Crippen LogP) is -4.32. The van der Waals surface area contributed by atoms with E-state index >= 15 is 0 Å². The number of ether oxygens (including phenoxy) is 20.